The largest absolute Gasteiger partial charge is 0.362 e. The minimum atomic E-state index is -0.272. The number of nitrogens with zero attached hydrogens (tertiary/aromatic N) is 2. The fourth-order valence-electron chi connectivity index (χ4n) is 4.90. The third-order valence-electron chi connectivity index (χ3n) is 6.65. The molecule has 0 bridgehead atoms. The Balaban J connectivity index is 1.31. The topological polar surface area (TPSA) is 49.9 Å². The van der Waals surface area contributed by atoms with Gasteiger partial charge in [0.15, 0.2) is 0 Å². The second-order valence-electron chi connectivity index (χ2n) is 8.60. The first-order valence-corrected chi connectivity index (χ1v) is 10.9. The lowest BCUT2D eigenvalue weighted by Crippen LogP contribution is -2.47. The highest BCUT2D eigenvalue weighted by atomic mass is 16.5. The monoisotopic (exact) mass is 384 g/mol. The van der Waals surface area contributed by atoms with Crippen LogP contribution in [0.15, 0.2) is 24.3 Å². The maximum absolute atomic E-state index is 12.8. The van der Waals surface area contributed by atoms with Crippen LogP contribution in [0.2, 0.25) is 0 Å². The van der Waals surface area contributed by atoms with Crippen LogP contribution in [0, 0.1) is 0 Å². The Morgan fingerprint density at radius 1 is 1.00 bits per heavy atom. The number of piperidine rings is 1. The maximum atomic E-state index is 12.8. The van der Waals surface area contributed by atoms with Gasteiger partial charge in [-0.3, -0.25) is 9.59 Å². The highest BCUT2D eigenvalue weighted by molar-refractivity contribution is 5.94. The molecule has 3 fully saturated rings. The van der Waals surface area contributed by atoms with E-state index in [1.807, 2.05) is 21.9 Å². The minimum absolute atomic E-state index is 0.112. The van der Waals surface area contributed by atoms with Crippen LogP contribution in [0.1, 0.15) is 67.8 Å². The van der Waals surface area contributed by atoms with Gasteiger partial charge >= 0.3 is 0 Å². The first-order valence-electron chi connectivity index (χ1n) is 10.9. The third kappa shape index (κ3) is 3.95. The van der Waals surface area contributed by atoms with Crippen LogP contribution in [-0.4, -0.2) is 59.5 Å². The number of likely N-dealkylation sites (tertiary alicyclic amines) is 2. The Morgan fingerprint density at radius 3 is 2.32 bits per heavy atom. The summed E-state index contributed by atoms with van der Waals surface area (Å²) in [5, 5.41) is 0. The van der Waals surface area contributed by atoms with Gasteiger partial charge < -0.3 is 14.5 Å². The van der Waals surface area contributed by atoms with Gasteiger partial charge in [-0.2, -0.15) is 0 Å². The van der Waals surface area contributed by atoms with Crippen LogP contribution >= 0.6 is 0 Å². The fraction of sp³-hybridized carbons (Fsp3) is 0.652. The average Bonchev–Trinajstić information content (AvgIpc) is 3.39. The minimum Gasteiger partial charge on any atom is -0.362 e. The molecule has 3 saturated heterocycles. The second kappa shape index (κ2) is 8.24. The summed E-state index contributed by atoms with van der Waals surface area (Å²) in [5.74, 6) is 0.292. The number of aryl methyl sites for hydroxylation is 1. The van der Waals surface area contributed by atoms with Gasteiger partial charge in [-0.15, -0.1) is 0 Å². The van der Waals surface area contributed by atoms with Crippen LogP contribution < -0.4 is 0 Å². The van der Waals surface area contributed by atoms with Crippen LogP contribution in [0.4, 0.5) is 0 Å². The summed E-state index contributed by atoms with van der Waals surface area (Å²) in [6, 6.07) is 8.04. The molecule has 1 aromatic carbocycles. The fourth-order valence-corrected chi connectivity index (χ4v) is 4.90. The Hall–Kier alpha value is -1.88. The second-order valence-corrected chi connectivity index (χ2v) is 8.60. The van der Waals surface area contributed by atoms with Crippen molar-refractivity contribution in [3.63, 3.8) is 0 Å². The lowest BCUT2D eigenvalue weighted by Gasteiger charge is -2.39. The molecule has 2 amide bonds. The summed E-state index contributed by atoms with van der Waals surface area (Å²) in [5.41, 5.74) is 1.84. The molecule has 28 heavy (non-hydrogen) atoms. The molecule has 3 aliphatic rings. The van der Waals surface area contributed by atoms with E-state index < -0.39 is 0 Å². The normalized spacial score (nSPS) is 24.1. The summed E-state index contributed by atoms with van der Waals surface area (Å²) in [4.78, 5) is 29.4. The van der Waals surface area contributed by atoms with E-state index >= 15 is 0 Å². The molecular formula is C23H32N2O3. The Kier molecular flexibility index (Phi) is 5.72. The number of hydrogen-bond donors (Lipinski definition) is 0. The third-order valence-corrected chi connectivity index (χ3v) is 6.65. The van der Waals surface area contributed by atoms with Crippen molar-refractivity contribution in [2.75, 3.05) is 26.2 Å². The van der Waals surface area contributed by atoms with Crippen LogP contribution in [0.5, 0.6) is 0 Å². The number of ether oxygens (including phenoxy) is 1. The van der Waals surface area contributed by atoms with Crippen LogP contribution in [-0.2, 0) is 16.0 Å². The number of carbonyl (C=O) groups excluding carboxylic acids is 2. The van der Waals surface area contributed by atoms with E-state index in [1.54, 1.807) is 0 Å². The number of carbonyl (C=O) groups is 2. The molecule has 0 unspecified atom stereocenters. The predicted molar refractivity (Wildman–Crippen MR) is 108 cm³/mol. The van der Waals surface area contributed by atoms with E-state index in [9.17, 15) is 9.59 Å². The summed E-state index contributed by atoms with van der Waals surface area (Å²) in [6.45, 7) is 5.34. The first kappa shape index (κ1) is 19.4. The molecule has 0 saturated carbocycles. The van der Waals surface area contributed by atoms with E-state index in [2.05, 4.69) is 19.1 Å². The molecule has 0 radical (unpaired) electrons. The van der Waals surface area contributed by atoms with Gasteiger partial charge in [-0.05, 0) is 62.6 Å². The van der Waals surface area contributed by atoms with E-state index in [0.717, 1.165) is 70.0 Å². The molecule has 0 N–H and O–H groups in total. The van der Waals surface area contributed by atoms with E-state index in [1.165, 1.54) is 5.56 Å². The van der Waals surface area contributed by atoms with Gasteiger partial charge in [0.2, 0.25) is 0 Å². The smallest absolute Gasteiger partial charge is 0.253 e. The molecule has 3 aliphatic heterocycles. The lowest BCUT2D eigenvalue weighted by atomic mass is 9.88. The molecule has 1 spiro atoms. The van der Waals surface area contributed by atoms with Gasteiger partial charge in [0.05, 0.1) is 5.60 Å². The first-order chi connectivity index (χ1) is 13.6. The number of hydrogen-bond acceptors (Lipinski definition) is 3. The molecule has 0 aliphatic carbocycles. The van der Waals surface area contributed by atoms with Crippen molar-refractivity contribution in [3.05, 3.63) is 35.4 Å². The zero-order valence-electron chi connectivity index (χ0n) is 17.0. The van der Waals surface area contributed by atoms with Crippen molar-refractivity contribution in [2.24, 2.45) is 0 Å². The molecule has 152 valence electrons. The Bertz CT molecular complexity index is 701. The number of amides is 2. The standard InChI is InChI=1S/C23H32N2O3/c1-2-5-18-6-8-19(9-7-18)21(26)25-16-12-23(13-17-25)11-10-20(28-23)22(27)24-14-3-4-15-24/h6-9,20H,2-5,10-17H2,1H3/t20-/m1/s1. The molecule has 0 aromatic heterocycles. The maximum Gasteiger partial charge on any atom is 0.253 e. The molecular weight excluding hydrogens is 352 g/mol. The van der Waals surface area contributed by atoms with Crippen LogP contribution in [0.3, 0.4) is 0 Å². The van der Waals surface area contributed by atoms with Gasteiger partial charge in [0.1, 0.15) is 6.10 Å². The van der Waals surface area contributed by atoms with Gasteiger partial charge in [-0.1, -0.05) is 25.5 Å². The predicted octanol–water partition coefficient (Wildman–Crippen LogP) is 3.42. The molecule has 1 atom stereocenters. The van der Waals surface area contributed by atoms with Gasteiger partial charge in [0.25, 0.3) is 11.8 Å². The average molecular weight is 385 g/mol. The van der Waals surface area contributed by atoms with E-state index in [-0.39, 0.29) is 23.5 Å². The van der Waals surface area contributed by atoms with Crippen molar-refractivity contribution in [1.29, 1.82) is 0 Å². The quantitative estimate of drug-likeness (QED) is 0.799. The highest BCUT2D eigenvalue weighted by Crippen LogP contribution is 2.40. The highest BCUT2D eigenvalue weighted by Gasteiger charge is 2.46. The molecule has 4 rings (SSSR count). The van der Waals surface area contributed by atoms with Gasteiger partial charge in [-0.25, -0.2) is 0 Å². The van der Waals surface area contributed by atoms with Crippen molar-refractivity contribution < 1.29 is 14.3 Å². The van der Waals surface area contributed by atoms with Crippen molar-refractivity contribution >= 4 is 11.8 Å². The molecule has 5 heteroatoms. The zero-order chi connectivity index (χ0) is 19.6. The summed E-state index contributed by atoms with van der Waals surface area (Å²) < 4.78 is 6.31. The van der Waals surface area contributed by atoms with E-state index in [4.69, 9.17) is 4.74 Å². The summed E-state index contributed by atoms with van der Waals surface area (Å²) >= 11 is 0. The zero-order valence-corrected chi connectivity index (χ0v) is 17.0. The lowest BCUT2D eigenvalue weighted by molar-refractivity contribution is -0.149. The van der Waals surface area contributed by atoms with Crippen LogP contribution in [0.25, 0.3) is 0 Å². The SMILES string of the molecule is CCCc1ccc(C(=O)N2CCC3(CC[C@H](C(=O)N4CCCC4)O3)CC2)cc1. The van der Waals surface area contributed by atoms with Crippen molar-refractivity contribution in [2.45, 2.75) is 70.0 Å². The van der Waals surface area contributed by atoms with Crippen molar-refractivity contribution in [3.8, 4) is 0 Å². The summed E-state index contributed by atoms with van der Waals surface area (Å²) in [7, 11) is 0. The van der Waals surface area contributed by atoms with Gasteiger partial charge in [0, 0.05) is 31.7 Å². The molecule has 3 heterocycles. The van der Waals surface area contributed by atoms with E-state index in [0.29, 0.717) is 13.1 Å². The Labute approximate surface area is 168 Å². The molecule has 1 aromatic rings. The number of rotatable bonds is 4. The van der Waals surface area contributed by atoms with Crippen molar-refractivity contribution in [1.82, 2.24) is 9.80 Å². The summed E-state index contributed by atoms with van der Waals surface area (Å²) in [6.07, 6.45) is 7.53. The number of benzene rings is 1. The molecule has 5 nitrogen and oxygen atoms in total. The Morgan fingerprint density at radius 2 is 1.68 bits per heavy atom.